The highest BCUT2D eigenvalue weighted by Gasteiger charge is 2.36. The van der Waals surface area contributed by atoms with Crippen LogP contribution in [-0.4, -0.2) is 78.9 Å². The predicted octanol–water partition coefficient (Wildman–Crippen LogP) is -1.04. The summed E-state index contributed by atoms with van der Waals surface area (Å²) in [5, 5.41) is 0. The summed E-state index contributed by atoms with van der Waals surface area (Å²) in [5.74, 6) is 0.0480. The largest absolute Gasteiger partial charge is 0.341 e. The zero-order valence-electron chi connectivity index (χ0n) is 11.7. The van der Waals surface area contributed by atoms with Crippen LogP contribution in [0.5, 0.6) is 0 Å². The van der Waals surface area contributed by atoms with E-state index in [1.165, 1.54) is 0 Å². The zero-order chi connectivity index (χ0) is 13.8. The Labute approximate surface area is 114 Å². The van der Waals surface area contributed by atoms with Crippen molar-refractivity contribution >= 4 is 11.8 Å². The zero-order valence-corrected chi connectivity index (χ0v) is 11.7. The van der Waals surface area contributed by atoms with Gasteiger partial charge in [-0.15, -0.1) is 0 Å². The van der Waals surface area contributed by atoms with E-state index in [0.717, 1.165) is 32.7 Å². The third-order valence-electron chi connectivity index (χ3n) is 4.09. The van der Waals surface area contributed by atoms with Crippen LogP contribution in [0.3, 0.4) is 0 Å². The minimum atomic E-state index is -0.160. The lowest BCUT2D eigenvalue weighted by atomic mass is 10.1. The fourth-order valence-corrected chi connectivity index (χ4v) is 2.85. The summed E-state index contributed by atoms with van der Waals surface area (Å²) in [7, 11) is 0. The number of piperazine rings is 1. The molecule has 1 atom stereocenters. The van der Waals surface area contributed by atoms with Crippen molar-refractivity contribution in [2.24, 2.45) is 11.7 Å². The Morgan fingerprint density at radius 1 is 1.32 bits per heavy atom. The number of likely N-dealkylation sites (N-methyl/N-ethyl adjacent to an activating group) is 1. The van der Waals surface area contributed by atoms with Crippen LogP contribution in [0, 0.1) is 5.92 Å². The minimum absolute atomic E-state index is 0.0657. The van der Waals surface area contributed by atoms with E-state index in [1.807, 2.05) is 4.90 Å². The summed E-state index contributed by atoms with van der Waals surface area (Å²) in [6.45, 7) is 8.19. The first-order valence-corrected chi connectivity index (χ1v) is 7.14. The molecule has 2 fully saturated rings. The van der Waals surface area contributed by atoms with Gasteiger partial charge in [0, 0.05) is 52.2 Å². The number of nitrogens with two attached hydrogens (primary N) is 1. The van der Waals surface area contributed by atoms with Gasteiger partial charge in [-0.2, -0.15) is 0 Å². The molecule has 0 aromatic carbocycles. The van der Waals surface area contributed by atoms with E-state index >= 15 is 0 Å². The molecule has 0 aliphatic carbocycles. The van der Waals surface area contributed by atoms with Gasteiger partial charge in [0.2, 0.25) is 11.8 Å². The lowest BCUT2D eigenvalue weighted by Crippen LogP contribution is -2.50. The molecule has 6 nitrogen and oxygen atoms in total. The van der Waals surface area contributed by atoms with E-state index < -0.39 is 0 Å². The highest BCUT2D eigenvalue weighted by Crippen LogP contribution is 2.20. The maximum Gasteiger partial charge on any atom is 0.228 e. The molecule has 2 aliphatic heterocycles. The third-order valence-corrected chi connectivity index (χ3v) is 4.09. The Morgan fingerprint density at radius 2 is 2.00 bits per heavy atom. The maximum atomic E-state index is 12.4. The molecule has 1 unspecified atom stereocenters. The second kappa shape index (κ2) is 6.34. The van der Waals surface area contributed by atoms with Crippen LogP contribution in [0.4, 0.5) is 0 Å². The Balaban J connectivity index is 1.86. The highest BCUT2D eigenvalue weighted by atomic mass is 16.2. The number of carbonyl (C=O) groups excluding carboxylic acids is 2. The Kier molecular flexibility index (Phi) is 4.76. The van der Waals surface area contributed by atoms with Crippen LogP contribution in [0.1, 0.15) is 13.3 Å². The normalized spacial score (nSPS) is 25.2. The van der Waals surface area contributed by atoms with Crippen molar-refractivity contribution in [1.82, 2.24) is 14.7 Å². The molecular weight excluding hydrogens is 244 g/mol. The summed E-state index contributed by atoms with van der Waals surface area (Å²) < 4.78 is 0. The van der Waals surface area contributed by atoms with E-state index in [0.29, 0.717) is 26.1 Å². The molecule has 6 heteroatoms. The third kappa shape index (κ3) is 3.25. The fourth-order valence-electron chi connectivity index (χ4n) is 2.85. The Hall–Kier alpha value is -1.14. The minimum Gasteiger partial charge on any atom is -0.341 e. The first kappa shape index (κ1) is 14.3. The average Bonchev–Trinajstić information content (AvgIpc) is 2.80. The molecule has 0 aromatic heterocycles. The molecular formula is C13H24N4O2. The second-order valence-corrected chi connectivity index (χ2v) is 5.29. The van der Waals surface area contributed by atoms with Crippen molar-refractivity contribution in [3.63, 3.8) is 0 Å². The van der Waals surface area contributed by atoms with Crippen molar-refractivity contribution in [2.75, 3.05) is 52.4 Å². The van der Waals surface area contributed by atoms with Gasteiger partial charge in [-0.25, -0.2) is 0 Å². The van der Waals surface area contributed by atoms with E-state index in [4.69, 9.17) is 5.73 Å². The molecule has 108 valence electrons. The van der Waals surface area contributed by atoms with Gasteiger partial charge in [0.25, 0.3) is 0 Å². The molecule has 2 rings (SSSR count). The lowest BCUT2D eigenvalue weighted by molar-refractivity contribution is -0.137. The van der Waals surface area contributed by atoms with Crippen molar-refractivity contribution in [1.29, 1.82) is 0 Å². The van der Waals surface area contributed by atoms with Gasteiger partial charge in [-0.1, -0.05) is 6.92 Å². The van der Waals surface area contributed by atoms with Crippen molar-refractivity contribution < 1.29 is 9.59 Å². The number of carbonyl (C=O) groups is 2. The summed E-state index contributed by atoms with van der Waals surface area (Å²) in [6.07, 6.45) is 0.354. The molecule has 2 heterocycles. The van der Waals surface area contributed by atoms with E-state index in [9.17, 15) is 9.59 Å². The lowest BCUT2D eigenvalue weighted by Gasteiger charge is -2.35. The Morgan fingerprint density at radius 3 is 2.58 bits per heavy atom. The number of hydrogen-bond acceptors (Lipinski definition) is 4. The SMILES string of the molecule is CCN1CCN(C(=O)C2CC(=O)N(CCN)C2)CC1. The first-order chi connectivity index (χ1) is 9.15. The van der Waals surface area contributed by atoms with Gasteiger partial charge in [0.1, 0.15) is 0 Å². The van der Waals surface area contributed by atoms with Gasteiger partial charge < -0.3 is 20.4 Å². The van der Waals surface area contributed by atoms with Gasteiger partial charge in [-0.3, -0.25) is 9.59 Å². The van der Waals surface area contributed by atoms with E-state index in [-0.39, 0.29) is 17.7 Å². The van der Waals surface area contributed by atoms with Gasteiger partial charge in [-0.05, 0) is 6.54 Å². The maximum absolute atomic E-state index is 12.4. The van der Waals surface area contributed by atoms with Crippen molar-refractivity contribution in [3.8, 4) is 0 Å². The fraction of sp³-hybridized carbons (Fsp3) is 0.846. The summed E-state index contributed by atoms with van der Waals surface area (Å²) >= 11 is 0. The highest BCUT2D eigenvalue weighted by molar-refractivity contribution is 5.89. The van der Waals surface area contributed by atoms with Crippen LogP contribution in [-0.2, 0) is 9.59 Å². The van der Waals surface area contributed by atoms with E-state index in [2.05, 4.69) is 11.8 Å². The van der Waals surface area contributed by atoms with Gasteiger partial charge >= 0.3 is 0 Å². The smallest absolute Gasteiger partial charge is 0.228 e. The van der Waals surface area contributed by atoms with Crippen LogP contribution < -0.4 is 5.73 Å². The monoisotopic (exact) mass is 268 g/mol. The number of nitrogens with zero attached hydrogens (tertiary/aromatic N) is 3. The molecule has 0 spiro atoms. The summed E-state index contributed by atoms with van der Waals surface area (Å²) in [6, 6.07) is 0. The molecule has 0 bridgehead atoms. The molecule has 2 saturated heterocycles. The second-order valence-electron chi connectivity index (χ2n) is 5.29. The summed E-state index contributed by atoms with van der Waals surface area (Å²) in [4.78, 5) is 30.1. The predicted molar refractivity (Wildman–Crippen MR) is 72.4 cm³/mol. The average molecular weight is 268 g/mol. The number of likely N-dealkylation sites (tertiary alicyclic amines) is 1. The number of amides is 2. The molecule has 2 N–H and O–H groups in total. The van der Waals surface area contributed by atoms with Crippen molar-refractivity contribution in [2.45, 2.75) is 13.3 Å². The van der Waals surface area contributed by atoms with Gasteiger partial charge in [0.05, 0.1) is 5.92 Å². The van der Waals surface area contributed by atoms with Crippen LogP contribution in [0.2, 0.25) is 0 Å². The number of rotatable bonds is 4. The van der Waals surface area contributed by atoms with Crippen LogP contribution >= 0.6 is 0 Å². The van der Waals surface area contributed by atoms with Crippen LogP contribution in [0.15, 0.2) is 0 Å². The standard InChI is InChI=1S/C13H24N4O2/c1-2-15-5-7-16(8-6-15)13(19)11-9-12(18)17(10-11)4-3-14/h11H,2-10,14H2,1H3. The first-order valence-electron chi connectivity index (χ1n) is 7.14. The molecule has 2 aliphatic rings. The topological polar surface area (TPSA) is 69.9 Å². The molecule has 0 saturated carbocycles. The molecule has 19 heavy (non-hydrogen) atoms. The summed E-state index contributed by atoms with van der Waals surface area (Å²) in [5.41, 5.74) is 5.47. The Bertz CT molecular complexity index is 340. The quantitative estimate of drug-likeness (QED) is 0.707. The molecule has 2 amide bonds. The van der Waals surface area contributed by atoms with E-state index in [1.54, 1.807) is 4.90 Å². The molecule has 0 radical (unpaired) electrons. The number of hydrogen-bond donors (Lipinski definition) is 1. The van der Waals surface area contributed by atoms with Crippen molar-refractivity contribution in [3.05, 3.63) is 0 Å². The van der Waals surface area contributed by atoms with Crippen LogP contribution in [0.25, 0.3) is 0 Å². The molecule has 0 aromatic rings. The van der Waals surface area contributed by atoms with Gasteiger partial charge in [0.15, 0.2) is 0 Å².